The topological polar surface area (TPSA) is 55.1 Å². The van der Waals surface area contributed by atoms with Crippen molar-refractivity contribution in [2.45, 2.75) is 19.3 Å². The van der Waals surface area contributed by atoms with Gasteiger partial charge in [-0.2, -0.15) is 0 Å². The molecule has 4 atom stereocenters. The largest absolute Gasteiger partial charge is 0.389 e. The Bertz CT molecular complexity index is 631. The van der Waals surface area contributed by atoms with Crippen LogP contribution in [0.3, 0.4) is 0 Å². The summed E-state index contributed by atoms with van der Waals surface area (Å²) in [6.45, 7) is 0. The number of halogens is 1. The highest BCUT2D eigenvalue weighted by Crippen LogP contribution is 2.69. The van der Waals surface area contributed by atoms with E-state index >= 15 is 0 Å². The van der Waals surface area contributed by atoms with Gasteiger partial charge in [0.25, 0.3) is 0 Å². The second-order valence-electron chi connectivity index (χ2n) is 6.56. The highest BCUT2D eigenvalue weighted by Gasteiger charge is 2.67. The highest BCUT2D eigenvalue weighted by molar-refractivity contribution is 9.10. The Morgan fingerprint density at radius 2 is 1.95 bits per heavy atom. The zero-order valence-corrected chi connectivity index (χ0v) is 13.9. The molecule has 110 valence electrons. The number of anilines is 1. The van der Waals surface area contributed by atoms with Gasteiger partial charge in [0.15, 0.2) is 0 Å². The van der Waals surface area contributed by atoms with Crippen LogP contribution in [0.5, 0.6) is 0 Å². The van der Waals surface area contributed by atoms with E-state index in [1.54, 1.807) is 0 Å². The van der Waals surface area contributed by atoms with E-state index in [1.807, 2.05) is 18.2 Å². The monoisotopic (exact) mass is 364 g/mol. The lowest BCUT2D eigenvalue weighted by atomic mass is 10.0. The standard InChI is InChI=1S/C16H17BrN2OS/c17-10-6-9(15(18)21)3-4-11(10)19-16(20)14-12-7-1-2-8(5-7)13(12)14/h3-4,6-8,12-14H,1-2,5H2,(H2,18,21)(H,19,20). The third-order valence-corrected chi connectivity index (χ3v) is 6.44. The summed E-state index contributed by atoms with van der Waals surface area (Å²) in [6.07, 6.45) is 4.04. The minimum atomic E-state index is 0.186. The smallest absolute Gasteiger partial charge is 0.228 e. The van der Waals surface area contributed by atoms with Crippen molar-refractivity contribution < 1.29 is 4.79 Å². The Morgan fingerprint density at radius 1 is 1.29 bits per heavy atom. The van der Waals surface area contributed by atoms with E-state index in [0.717, 1.165) is 27.6 Å². The Morgan fingerprint density at radius 3 is 2.52 bits per heavy atom. The van der Waals surface area contributed by atoms with Gasteiger partial charge in [-0.05, 0) is 77.1 Å². The molecule has 3 nitrogen and oxygen atoms in total. The van der Waals surface area contributed by atoms with E-state index in [-0.39, 0.29) is 11.8 Å². The number of nitrogens with two attached hydrogens (primary N) is 1. The maximum absolute atomic E-state index is 12.5. The molecule has 21 heavy (non-hydrogen) atoms. The lowest BCUT2D eigenvalue weighted by Gasteiger charge is -2.11. The number of benzene rings is 1. The summed E-state index contributed by atoms with van der Waals surface area (Å²) in [6, 6.07) is 5.57. The third-order valence-electron chi connectivity index (χ3n) is 5.55. The average Bonchev–Trinajstić information content (AvgIpc) is 2.89. The number of hydrogen-bond donors (Lipinski definition) is 2. The second kappa shape index (κ2) is 4.78. The van der Waals surface area contributed by atoms with Crippen molar-refractivity contribution in [3.05, 3.63) is 28.2 Å². The molecule has 2 bridgehead atoms. The molecule has 0 aliphatic heterocycles. The van der Waals surface area contributed by atoms with E-state index in [1.165, 1.54) is 19.3 Å². The predicted molar refractivity (Wildman–Crippen MR) is 90.0 cm³/mol. The summed E-state index contributed by atoms with van der Waals surface area (Å²) in [5.41, 5.74) is 7.22. The van der Waals surface area contributed by atoms with Crippen LogP contribution >= 0.6 is 28.1 Å². The van der Waals surface area contributed by atoms with Crippen molar-refractivity contribution in [2.75, 3.05) is 5.32 Å². The normalized spacial score (nSPS) is 35.4. The summed E-state index contributed by atoms with van der Waals surface area (Å²) in [5, 5.41) is 3.07. The molecule has 4 rings (SSSR count). The maximum atomic E-state index is 12.5. The fourth-order valence-corrected chi connectivity index (χ4v) is 5.27. The van der Waals surface area contributed by atoms with E-state index in [0.29, 0.717) is 16.8 Å². The highest BCUT2D eigenvalue weighted by atomic mass is 79.9. The van der Waals surface area contributed by atoms with Gasteiger partial charge in [0.1, 0.15) is 4.99 Å². The fraction of sp³-hybridized carbons (Fsp3) is 0.500. The minimum absolute atomic E-state index is 0.186. The van der Waals surface area contributed by atoms with Gasteiger partial charge in [-0.1, -0.05) is 12.2 Å². The minimum Gasteiger partial charge on any atom is -0.389 e. The van der Waals surface area contributed by atoms with Gasteiger partial charge in [-0.3, -0.25) is 4.79 Å². The lowest BCUT2D eigenvalue weighted by Crippen LogP contribution is -2.19. The number of nitrogens with one attached hydrogen (secondary N) is 1. The van der Waals surface area contributed by atoms with Gasteiger partial charge in [-0.25, -0.2) is 0 Å². The SMILES string of the molecule is NC(=S)c1ccc(NC(=O)C2C3C4CCC(C4)C23)c(Br)c1. The first kappa shape index (κ1) is 13.7. The quantitative estimate of drug-likeness (QED) is 0.808. The predicted octanol–water partition coefficient (Wildman–Crippen LogP) is 3.31. The fourth-order valence-electron chi connectivity index (χ4n) is 4.66. The summed E-state index contributed by atoms with van der Waals surface area (Å²) in [5.74, 6) is 3.40. The molecule has 5 heteroatoms. The van der Waals surface area contributed by atoms with Crippen LogP contribution in [0.15, 0.2) is 22.7 Å². The molecule has 0 saturated heterocycles. The molecule has 1 aromatic carbocycles. The van der Waals surface area contributed by atoms with Crippen LogP contribution in [0.25, 0.3) is 0 Å². The van der Waals surface area contributed by atoms with Gasteiger partial charge < -0.3 is 11.1 Å². The third kappa shape index (κ3) is 2.13. The molecule has 3 N–H and O–H groups in total. The second-order valence-corrected chi connectivity index (χ2v) is 7.86. The van der Waals surface area contributed by atoms with E-state index in [2.05, 4.69) is 21.2 Å². The summed E-state index contributed by atoms with van der Waals surface area (Å²) < 4.78 is 0.829. The number of carbonyl (C=O) groups excluding carboxylic acids is 1. The van der Waals surface area contributed by atoms with Crippen molar-refractivity contribution in [1.82, 2.24) is 0 Å². The first-order valence-electron chi connectivity index (χ1n) is 7.46. The van der Waals surface area contributed by atoms with Crippen LogP contribution in [0.1, 0.15) is 24.8 Å². The Labute approximate surface area is 137 Å². The van der Waals surface area contributed by atoms with E-state index < -0.39 is 0 Å². The van der Waals surface area contributed by atoms with Crippen molar-refractivity contribution in [3.63, 3.8) is 0 Å². The number of thiocarbonyl (C=S) groups is 1. The first-order valence-corrected chi connectivity index (χ1v) is 8.66. The van der Waals surface area contributed by atoms with Crippen molar-refractivity contribution in [1.29, 1.82) is 0 Å². The first-order chi connectivity index (χ1) is 10.1. The molecule has 0 aromatic heterocycles. The Hall–Kier alpha value is -0.940. The van der Waals surface area contributed by atoms with Gasteiger partial charge in [0, 0.05) is 16.0 Å². The van der Waals surface area contributed by atoms with Crippen LogP contribution < -0.4 is 11.1 Å². The molecule has 0 spiro atoms. The summed E-state index contributed by atoms with van der Waals surface area (Å²) in [4.78, 5) is 12.9. The van der Waals surface area contributed by atoms with Gasteiger partial charge in [-0.15, -0.1) is 0 Å². The zero-order valence-electron chi connectivity index (χ0n) is 11.5. The molecule has 0 radical (unpaired) electrons. The van der Waals surface area contributed by atoms with E-state index in [4.69, 9.17) is 18.0 Å². The maximum Gasteiger partial charge on any atom is 0.228 e. The molecule has 3 aliphatic rings. The van der Waals surface area contributed by atoms with Crippen LogP contribution in [0.2, 0.25) is 0 Å². The molecular weight excluding hydrogens is 348 g/mol. The van der Waals surface area contributed by atoms with Gasteiger partial charge in [0.05, 0.1) is 5.69 Å². The Kier molecular flexibility index (Phi) is 3.12. The van der Waals surface area contributed by atoms with Crippen LogP contribution in [-0.2, 0) is 4.79 Å². The zero-order chi connectivity index (χ0) is 14.7. The van der Waals surface area contributed by atoms with Gasteiger partial charge in [0.2, 0.25) is 5.91 Å². The number of amides is 1. The molecular formula is C16H17BrN2OS. The van der Waals surface area contributed by atoms with Crippen LogP contribution in [0.4, 0.5) is 5.69 Å². The molecule has 3 saturated carbocycles. The van der Waals surface area contributed by atoms with Crippen molar-refractivity contribution >= 4 is 44.7 Å². The molecule has 1 aromatic rings. The number of fused-ring (bicyclic) bond motifs is 5. The van der Waals surface area contributed by atoms with Crippen molar-refractivity contribution in [3.8, 4) is 0 Å². The van der Waals surface area contributed by atoms with Gasteiger partial charge >= 0.3 is 0 Å². The molecule has 1 amide bonds. The summed E-state index contributed by atoms with van der Waals surface area (Å²) in [7, 11) is 0. The van der Waals surface area contributed by atoms with Crippen LogP contribution in [0, 0.1) is 29.6 Å². The number of rotatable bonds is 3. The average molecular weight is 365 g/mol. The van der Waals surface area contributed by atoms with E-state index in [9.17, 15) is 4.79 Å². The molecule has 3 fully saturated rings. The molecule has 3 aliphatic carbocycles. The van der Waals surface area contributed by atoms with Crippen molar-refractivity contribution in [2.24, 2.45) is 35.3 Å². The van der Waals surface area contributed by atoms with Crippen LogP contribution in [-0.4, -0.2) is 10.9 Å². The lowest BCUT2D eigenvalue weighted by molar-refractivity contribution is -0.118. The Balaban J connectivity index is 1.47. The summed E-state index contributed by atoms with van der Waals surface area (Å²) >= 11 is 8.44. The molecule has 4 unspecified atom stereocenters. The molecule has 0 heterocycles. The number of hydrogen-bond acceptors (Lipinski definition) is 2. The number of carbonyl (C=O) groups is 1.